The lowest BCUT2D eigenvalue weighted by Gasteiger charge is -2.34. The topological polar surface area (TPSA) is 106 Å². The van der Waals surface area contributed by atoms with Gasteiger partial charge in [-0.25, -0.2) is 14.8 Å². The Morgan fingerprint density at radius 3 is 2.71 bits per heavy atom. The predicted octanol–water partition coefficient (Wildman–Crippen LogP) is 5.17. The van der Waals surface area contributed by atoms with E-state index in [0.29, 0.717) is 31.2 Å². The molecule has 1 unspecified atom stereocenters. The molecule has 0 aliphatic carbocycles. The average Bonchev–Trinajstić information content (AvgIpc) is 3.61. The smallest absolute Gasteiger partial charge is 0.410 e. The third kappa shape index (κ3) is 6.07. The summed E-state index contributed by atoms with van der Waals surface area (Å²) in [7, 11) is 0. The lowest BCUT2D eigenvalue weighted by atomic mass is 10.1. The Labute approximate surface area is 223 Å². The monoisotopic (exact) mass is 520 g/mol. The maximum absolute atomic E-state index is 12.9. The third-order valence-corrected chi connectivity index (χ3v) is 6.68. The van der Waals surface area contributed by atoms with Crippen LogP contribution in [0.2, 0.25) is 0 Å². The molecule has 2 aliphatic heterocycles. The van der Waals surface area contributed by atoms with Crippen LogP contribution < -0.4 is 10.2 Å². The van der Waals surface area contributed by atoms with Crippen LogP contribution in [0.15, 0.2) is 41.3 Å². The molecule has 0 bridgehead atoms. The van der Waals surface area contributed by atoms with Gasteiger partial charge in [-0.05, 0) is 64.8 Å². The van der Waals surface area contributed by atoms with Gasteiger partial charge in [-0.2, -0.15) is 4.98 Å². The first-order chi connectivity index (χ1) is 18.3. The van der Waals surface area contributed by atoms with E-state index in [2.05, 4.69) is 22.1 Å². The molecule has 10 nitrogen and oxygen atoms in total. The molecule has 1 N–H and O–H groups in total. The SMILES string of the molecule is CCN(CC1CCCO1)c1nc(Nc2ccc(-c3cnco3)cc2)nc2c1CN(C(=O)OC(C)(C)C)CC2. The summed E-state index contributed by atoms with van der Waals surface area (Å²) in [6.07, 6.45) is 5.71. The van der Waals surface area contributed by atoms with E-state index < -0.39 is 5.60 Å². The highest BCUT2D eigenvalue weighted by molar-refractivity contribution is 5.70. The van der Waals surface area contributed by atoms with Gasteiger partial charge in [0.15, 0.2) is 12.2 Å². The summed E-state index contributed by atoms with van der Waals surface area (Å²) >= 11 is 0. The summed E-state index contributed by atoms with van der Waals surface area (Å²) in [4.78, 5) is 30.7. The Kier molecular flexibility index (Phi) is 7.51. The molecule has 0 saturated carbocycles. The fourth-order valence-electron chi connectivity index (χ4n) is 4.80. The number of fused-ring (bicyclic) bond motifs is 1. The van der Waals surface area contributed by atoms with Crippen LogP contribution in [0.3, 0.4) is 0 Å². The number of benzene rings is 1. The molecule has 1 atom stereocenters. The number of carbonyl (C=O) groups excluding carboxylic acids is 1. The average molecular weight is 521 g/mol. The van der Waals surface area contributed by atoms with Gasteiger partial charge in [-0.15, -0.1) is 0 Å². The number of nitrogens with one attached hydrogen (secondary N) is 1. The maximum Gasteiger partial charge on any atom is 0.410 e. The van der Waals surface area contributed by atoms with E-state index in [1.54, 1.807) is 11.1 Å². The highest BCUT2D eigenvalue weighted by Gasteiger charge is 2.31. The summed E-state index contributed by atoms with van der Waals surface area (Å²) in [6.45, 7) is 11.0. The largest absolute Gasteiger partial charge is 0.444 e. The van der Waals surface area contributed by atoms with Gasteiger partial charge in [0.2, 0.25) is 5.95 Å². The van der Waals surface area contributed by atoms with Gasteiger partial charge < -0.3 is 29.0 Å². The van der Waals surface area contributed by atoms with Crippen LogP contribution in [-0.2, 0) is 22.4 Å². The van der Waals surface area contributed by atoms with Crippen molar-refractivity contribution in [1.29, 1.82) is 0 Å². The minimum Gasteiger partial charge on any atom is -0.444 e. The van der Waals surface area contributed by atoms with Crippen LogP contribution in [0.1, 0.15) is 51.8 Å². The molecule has 1 saturated heterocycles. The number of anilines is 3. The first-order valence-electron chi connectivity index (χ1n) is 13.3. The van der Waals surface area contributed by atoms with Crippen molar-refractivity contribution < 1.29 is 18.7 Å². The molecule has 0 spiro atoms. The van der Waals surface area contributed by atoms with Gasteiger partial charge >= 0.3 is 6.09 Å². The van der Waals surface area contributed by atoms with Crippen LogP contribution in [0, 0.1) is 0 Å². The number of nitrogens with zero attached hydrogens (tertiary/aromatic N) is 5. The number of carbonyl (C=O) groups is 1. The molecule has 3 aromatic rings. The van der Waals surface area contributed by atoms with Crippen molar-refractivity contribution in [2.75, 3.05) is 36.5 Å². The van der Waals surface area contributed by atoms with Gasteiger partial charge in [0.05, 0.1) is 24.5 Å². The number of rotatable bonds is 7. The fraction of sp³-hybridized carbons (Fsp3) is 0.500. The summed E-state index contributed by atoms with van der Waals surface area (Å²) in [5, 5.41) is 3.37. The first-order valence-corrected chi connectivity index (χ1v) is 13.3. The van der Waals surface area contributed by atoms with Crippen LogP contribution in [0.5, 0.6) is 0 Å². The van der Waals surface area contributed by atoms with Crippen molar-refractivity contribution in [2.24, 2.45) is 0 Å². The van der Waals surface area contributed by atoms with E-state index >= 15 is 0 Å². The fourth-order valence-corrected chi connectivity index (χ4v) is 4.80. The molecular weight excluding hydrogens is 484 g/mol. The number of aromatic nitrogens is 3. The Hall–Kier alpha value is -3.66. The normalized spacial score (nSPS) is 17.3. The molecular formula is C28H36N6O4. The van der Waals surface area contributed by atoms with E-state index in [0.717, 1.165) is 60.9 Å². The lowest BCUT2D eigenvalue weighted by Crippen LogP contribution is -2.42. The molecule has 10 heteroatoms. The van der Waals surface area contributed by atoms with Gasteiger partial charge in [-0.1, -0.05) is 0 Å². The number of amides is 1. The number of likely N-dealkylation sites (N-methyl/N-ethyl adjacent to an activating group) is 1. The molecule has 38 heavy (non-hydrogen) atoms. The Balaban J connectivity index is 1.43. The zero-order chi connectivity index (χ0) is 26.7. The maximum atomic E-state index is 12.9. The van der Waals surface area contributed by atoms with E-state index in [1.165, 1.54) is 6.39 Å². The number of hydrogen-bond donors (Lipinski definition) is 1. The summed E-state index contributed by atoms with van der Waals surface area (Å²) in [5.41, 5.74) is 3.17. The van der Waals surface area contributed by atoms with Crippen LogP contribution in [0.25, 0.3) is 11.3 Å². The predicted molar refractivity (Wildman–Crippen MR) is 144 cm³/mol. The van der Waals surface area contributed by atoms with Crippen molar-refractivity contribution in [1.82, 2.24) is 19.9 Å². The standard InChI is InChI=1S/C28H36N6O4/c1-5-33(16-21-7-6-14-36-21)25-22-17-34(27(35)38-28(2,3)4)13-12-23(22)31-26(32-25)30-20-10-8-19(9-11-20)24-15-29-18-37-24/h8-11,15,18,21H,5-7,12-14,16-17H2,1-4H3,(H,30,31,32). The lowest BCUT2D eigenvalue weighted by molar-refractivity contribution is 0.0223. The molecule has 4 heterocycles. The van der Waals surface area contributed by atoms with E-state index in [1.807, 2.05) is 45.0 Å². The number of oxazole rings is 1. The quantitative estimate of drug-likeness (QED) is 0.451. The van der Waals surface area contributed by atoms with Crippen molar-refractivity contribution in [3.63, 3.8) is 0 Å². The summed E-state index contributed by atoms with van der Waals surface area (Å²) < 4.78 is 17.0. The Morgan fingerprint density at radius 2 is 2.05 bits per heavy atom. The molecule has 1 amide bonds. The first kappa shape index (κ1) is 26.0. The number of ether oxygens (including phenoxy) is 2. The van der Waals surface area contributed by atoms with Crippen LogP contribution >= 0.6 is 0 Å². The molecule has 202 valence electrons. The molecule has 0 radical (unpaired) electrons. The molecule has 5 rings (SSSR count). The highest BCUT2D eigenvalue weighted by atomic mass is 16.6. The van der Waals surface area contributed by atoms with Crippen LogP contribution in [0.4, 0.5) is 22.2 Å². The van der Waals surface area contributed by atoms with Gasteiger partial charge in [0.1, 0.15) is 11.4 Å². The summed E-state index contributed by atoms with van der Waals surface area (Å²) in [6, 6.07) is 7.87. The van der Waals surface area contributed by atoms with Crippen molar-refractivity contribution >= 4 is 23.5 Å². The zero-order valence-corrected chi connectivity index (χ0v) is 22.6. The van der Waals surface area contributed by atoms with E-state index in [-0.39, 0.29) is 12.2 Å². The minimum absolute atomic E-state index is 0.172. The molecule has 1 aromatic carbocycles. The van der Waals surface area contributed by atoms with Gasteiger partial charge in [0, 0.05) is 49.5 Å². The van der Waals surface area contributed by atoms with Crippen LogP contribution in [-0.4, -0.2) is 63.9 Å². The number of hydrogen-bond acceptors (Lipinski definition) is 9. The second kappa shape index (κ2) is 11.0. The van der Waals surface area contributed by atoms with Gasteiger partial charge in [-0.3, -0.25) is 0 Å². The Bertz CT molecular complexity index is 1230. The van der Waals surface area contributed by atoms with Gasteiger partial charge in [0.25, 0.3) is 0 Å². The summed E-state index contributed by atoms with van der Waals surface area (Å²) in [5.74, 6) is 2.08. The minimum atomic E-state index is -0.553. The van der Waals surface area contributed by atoms with Crippen molar-refractivity contribution in [3.8, 4) is 11.3 Å². The third-order valence-electron chi connectivity index (χ3n) is 6.68. The van der Waals surface area contributed by atoms with Crippen molar-refractivity contribution in [3.05, 3.63) is 48.1 Å². The van der Waals surface area contributed by atoms with E-state index in [9.17, 15) is 4.79 Å². The highest BCUT2D eigenvalue weighted by Crippen LogP contribution is 2.31. The Morgan fingerprint density at radius 1 is 1.24 bits per heavy atom. The molecule has 1 fully saturated rings. The molecule has 2 aromatic heterocycles. The molecule has 2 aliphatic rings. The van der Waals surface area contributed by atoms with E-state index in [4.69, 9.17) is 23.9 Å². The second-order valence-corrected chi connectivity index (χ2v) is 10.7. The zero-order valence-electron chi connectivity index (χ0n) is 22.6. The van der Waals surface area contributed by atoms with Crippen molar-refractivity contribution in [2.45, 2.75) is 65.2 Å². The second-order valence-electron chi connectivity index (χ2n) is 10.7.